The zero-order valence-electron chi connectivity index (χ0n) is 22.1. The van der Waals surface area contributed by atoms with Crippen molar-refractivity contribution in [3.8, 4) is 17.4 Å². The number of benzene rings is 2. The molecule has 2 aromatic carbocycles. The molecule has 0 atom stereocenters. The van der Waals surface area contributed by atoms with E-state index in [4.69, 9.17) is 20.9 Å². The van der Waals surface area contributed by atoms with E-state index in [1.165, 1.54) is 0 Å². The smallest absolute Gasteiger partial charge is 0.322 e. The molecule has 0 saturated heterocycles. The van der Waals surface area contributed by atoms with Crippen LogP contribution in [0.25, 0.3) is 0 Å². The summed E-state index contributed by atoms with van der Waals surface area (Å²) in [6.07, 6.45) is 8.53. The van der Waals surface area contributed by atoms with Gasteiger partial charge in [-0.1, -0.05) is 0 Å². The predicted octanol–water partition coefficient (Wildman–Crippen LogP) is 5.33. The van der Waals surface area contributed by atoms with Crippen molar-refractivity contribution >= 4 is 23.1 Å². The number of rotatable bonds is 7. The lowest BCUT2D eigenvalue weighted by molar-refractivity contribution is 0.153. The quantitative estimate of drug-likeness (QED) is 0.362. The fourth-order valence-corrected chi connectivity index (χ4v) is 5.54. The molecule has 1 aromatic heterocycles. The highest BCUT2D eigenvalue weighted by Gasteiger charge is 2.30. The SMILES string of the molecule is COc1ccc2c(c1)CCN(C1CCC(CCc3cc(Oc4cc(C)c(N)c(N)c4)ncn3)CC1)C(=O)N2. The lowest BCUT2D eigenvalue weighted by Crippen LogP contribution is -2.44. The van der Waals surface area contributed by atoms with Gasteiger partial charge in [-0.2, -0.15) is 0 Å². The van der Waals surface area contributed by atoms with Crippen LogP contribution in [-0.2, 0) is 12.8 Å². The first-order valence-corrected chi connectivity index (χ1v) is 13.3. The number of carbonyl (C=O) groups excluding carboxylic acids is 1. The van der Waals surface area contributed by atoms with Crippen molar-refractivity contribution < 1.29 is 14.3 Å². The third kappa shape index (κ3) is 5.77. The molecule has 1 aliphatic carbocycles. The van der Waals surface area contributed by atoms with Crippen molar-refractivity contribution in [3.63, 3.8) is 0 Å². The fraction of sp³-hybridized carbons (Fsp3) is 0.414. The van der Waals surface area contributed by atoms with Gasteiger partial charge in [-0.3, -0.25) is 0 Å². The monoisotopic (exact) mass is 516 g/mol. The Morgan fingerprint density at radius 2 is 1.87 bits per heavy atom. The molecule has 2 heterocycles. The van der Waals surface area contributed by atoms with Crippen LogP contribution in [0.4, 0.5) is 21.9 Å². The molecule has 2 amide bonds. The van der Waals surface area contributed by atoms with Gasteiger partial charge < -0.3 is 31.2 Å². The molecule has 5 rings (SSSR count). The molecule has 1 saturated carbocycles. The summed E-state index contributed by atoms with van der Waals surface area (Å²) in [7, 11) is 1.66. The molecular weight excluding hydrogens is 480 g/mol. The number of urea groups is 1. The number of nitrogen functional groups attached to an aromatic ring is 2. The number of methoxy groups -OCH3 is 1. The van der Waals surface area contributed by atoms with Crippen molar-refractivity contribution in [3.05, 3.63) is 59.5 Å². The van der Waals surface area contributed by atoms with Crippen molar-refractivity contribution in [2.45, 2.75) is 57.9 Å². The van der Waals surface area contributed by atoms with Crippen LogP contribution in [0.5, 0.6) is 17.4 Å². The number of ether oxygens (including phenoxy) is 2. The minimum Gasteiger partial charge on any atom is -0.497 e. The number of carbonyl (C=O) groups is 1. The van der Waals surface area contributed by atoms with Gasteiger partial charge in [0.1, 0.15) is 17.8 Å². The van der Waals surface area contributed by atoms with Gasteiger partial charge in [0.15, 0.2) is 0 Å². The fourth-order valence-electron chi connectivity index (χ4n) is 5.54. The third-order valence-electron chi connectivity index (χ3n) is 7.82. The van der Waals surface area contributed by atoms with E-state index in [0.29, 0.717) is 28.9 Å². The van der Waals surface area contributed by atoms with Gasteiger partial charge in [0, 0.05) is 36.1 Å². The number of anilines is 3. The topological polar surface area (TPSA) is 129 Å². The molecule has 5 N–H and O–H groups in total. The number of hydrogen-bond acceptors (Lipinski definition) is 7. The van der Waals surface area contributed by atoms with Crippen LogP contribution in [-0.4, -0.2) is 40.6 Å². The second-order valence-corrected chi connectivity index (χ2v) is 10.3. The summed E-state index contributed by atoms with van der Waals surface area (Å²) < 4.78 is 11.3. The first-order valence-electron chi connectivity index (χ1n) is 13.3. The van der Waals surface area contributed by atoms with E-state index >= 15 is 0 Å². The van der Waals surface area contributed by atoms with Crippen molar-refractivity contribution in [1.29, 1.82) is 0 Å². The van der Waals surface area contributed by atoms with Crippen LogP contribution in [0.2, 0.25) is 0 Å². The van der Waals surface area contributed by atoms with Crippen LogP contribution >= 0.6 is 0 Å². The minimum atomic E-state index is 0.00364. The number of nitrogens with zero attached hydrogens (tertiary/aromatic N) is 3. The first kappa shape index (κ1) is 25.6. The van der Waals surface area contributed by atoms with Crippen molar-refractivity contribution in [2.75, 3.05) is 30.4 Å². The van der Waals surface area contributed by atoms with E-state index in [9.17, 15) is 4.79 Å². The molecule has 3 aromatic rings. The lowest BCUT2D eigenvalue weighted by Gasteiger charge is -2.36. The third-order valence-corrected chi connectivity index (χ3v) is 7.82. The van der Waals surface area contributed by atoms with E-state index in [1.54, 1.807) is 19.5 Å². The number of hydrogen-bond donors (Lipinski definition) is 3. The second kappa shape index (κ2) is 11.2. The Morgan fingerprint density at radius 3 is 2.63 bits per heavy atom. The van der Waals surface area contributed by atoms with Crippen LogP contribution in [0.15, 0.2) is 42.7 Å². The van der Waals surface area contributed by atoms with Crippen LogP contribution in [0.3, 0.4) is 0 Å². The van der Waals surface area contributed by atoms with Gasteiger partial charge in [-0.05, 0) is 93.2 Å². The van der Waals surface area contributed by atoms with Crippen LogP contribution < -0.4 is 26.3 Å². The Balaban J connectivity index is 1.12. The van der Waals surface area contributed by atoms with E-state index in [1.807, 2.05) is 42.2 Å². The Morgan fingerprint density at radius 1 is 1.05 bits per heavy atom. The molecule has 2 aliphatic rings. The molecule has 0 unspecified atom stereocenters. The largest absolute Gasteiger partial charge is 0.497 e. The summed E-state index contributed by atoms with van der Waals surface area (Å²) in [5, 5.41) is 3.10. The number of nitrogens with two attached hydrogens (primary N) is 2. The summed E-state index contributed by atoms with van der Waals surface area (Å²) in [6.45, 7) is 2.62. The van der Waals surface area contributed by atoms with Crippen LogP contribution in [0, 0.1) is 12.8 Å². The Labute approximate surface area is 223 Å². The van der Waals surface area contributed by atoms with Crippen molar-refractivity contribution in [2.24, 2.45) is 5.92 Å². The Bertz CT molecular complexity index is 1280. The highest BCUT2D eigenvalue weighted by molar-refractivity contribution is 5.91. The van der Waals surface area contributed by atoms with Gasteiger partial charge in [0.2, 0.25) is 5.88 Å². The number of amides is 2. The highest BCUT2D eigenvalue weighted by Crippen LogP contribution is 2.34. The molecule has 38 heavy (non-hydrogen) atoms. The first-order chi connectivity index (χ1) is 18.4. The predicted molar refractivity (Wildman–Crippen MR) is 149 cm³/mol. The van der Waals surface area contributed by atoms with E-state index in [2.05, 4.69) is 15.3 Å². The molecule has 9 heteroatoms. The number of aryl methyl sites for hydroxylation is 2. The molecule has 0 spiro atoms. The van der Waals surface area contributed by atoms with Gasteiger partial charge in [0.25, 0.3) is 0 Å². The van der Waals surface area contributed by atoms with E-state index in [-0.39, 0.29) is 12.1 Å². The van der Waals surface area contributed by atoms with Crippen LogP contribution in [0.1, 0.15) is 48.9 Å². The standard InChI is InChI=1S/C29H36N6O3/c1-18-13-24(16-25(30)28(18)31)38-27-15-21(32-17-33-27)6-3-19-4-7-22(8-5-19)35-12-11-20-14-23(37-2)9-10-26(20)34-29(35)36/h9-10,13-17,19,22H,3-8,11-12,30-31H2,1-2H3,(H,34,36). The molecule has 0 radical (unpaired) electrons. The van der Waals surface area contributed by atoms with Gasteiger partial charge >= 0.3 is 6.03 Å². The van der Waals surface area contributed by atoms with Gasteiger partial charge in [0.05, 0.1) is 18.5 Å². The maximum absolute atomic E-state index is 13.0. The molecular formula is C29H36N6O3. The van der Waals surface area contributed by atoms with Crippen molar-refractivity contribution in [1.82, 2.24) is 14.9 Å². The summed E-state index contributed by atoms with van der Waals surface area (Å²) in [6, 6.07) is 11.6. The normalized spacial score (nSPS) is 19.3. The van der Waals surface area contributed by atoms with E-state index < -0.39 is 0 Å². The summed E-state index contributed by atoms with van der Waals surface area (Å²) in [4.78, 5) is 23.7. The number of fused-ring (bicyclic) bond motifs is 1. The Kier molecular flexibility index (Phi) is 7.53. The molecule has 200 valence electrons. The molecule has 1 fully saturated rings. The molecule has 0 bridgehead atoms. The summed E-state index contributed by atoms with van der Waals surface area (Å²) >= 11 is 0. The number of nitrogens with one attached hydrogen (secondary N) is 1. The highest BCUT2D eigenvalue weighted by atomic mass is 16.5. The zero-order valence-corrected chi connectivity index (χ0v) is 22.1. The number of aromatic nitrogens is 2. The summed E-state index contributed by atoms with van der Waals surface area (Å²) in [5.41, 5.74) is 16.8. The average molecular weight is 517 g/mol. The minimum absolute atomic E-state index is 0.00364. The summed E-state index contributed by atoms with van der Waals surface area (Å²) in [5.74, 6) is 2.53. The average Bonchev–Trinajstić information content (AvgIpc) is 3.08. The molecule has 9 nitrogen and oxygen atoms in total. The van der Waals surface area contributed by atoms with E-state index in [0.717, 1.165) is 79.7 Å². The maximum Gasteiger partial charge on any atom is 0.322 e. The zero-order chi connectivity index (χ0) is 26.6. The Hall–Kier alpha value is -4.01. The lowest BCUT2D eigenvalue weighted by atomic mass is 9.82. The van der Waals surface area contributed by atoms with Gasteiger partial charge in [-0.25, -0.2) is 14.8 Å². The van der Waals surface area contributed by atoms with Gasteiger partial charge in [-0.15, -0.1) is 0 Å². The molecule has 1 aliphatic heterocycles. The second-order valence-electron chi connectivity index (χ2n) is 10.3. The maximum atomic E-state index is 13.0.